The quantitative estimate of drug-likeness (QED) is 0.778. The van der Waals surface area contributed by atoms with Crippen molar-refractivity contribution in [2.45, 2.75) is 5.03 Å². The lowest BCUT2D eigenvalue weighted by molar-refractivity contribution is 0.597. The van der Waals surface area contributed by atoms with E-state index < -0.39 is 10.0 Å². The molecule has 0 unspecified atom stereocenters. The Labute approximate surface area is 137 Å². The van der Waals surface area contributed by atoms with Gasteiger partial charge in [0.1, 0.15) is 0 Å². The van der Waals surface area contributed by atoms with E-state index in [4.69, 9.17) is 23.2 Å². The fraction of sp³-hybridized carbons (Fsp3) is 0. The fourth-order valence-corrected chi connectivity index (χ4v) is 3.39. The summed E-state index contributed by atoms with van der Waals surface area (Å²) in [7, 11) is -3.84. The summed E-state index contributed by atoms with van der Waals surface area (Å²) < 4.78 is 27.2. The van der Waals surface area contributed by atoms with Crippen molar-refractivity contribution < 1.29 is 8.42 Å². The molecule has 0 fully saturated rings. The van der Waals surface area contributed by atoms with Gasteiger partial charge in [-0.1, -0.05) is 29.3 Å². The zero-order valence-electron chi connectivity index (χ0n) is 11.0. The first-order valence-corrected chi connectivity index (χ1v) is 8.39. The molecule has 8 heteroatoms. The van der Waals surface area contributed by atoms with Crippen molar-refractivity contribution >= 4 is 49.8 Å². The van der Waals surface area contributed by atoms with Crippen molar-refractivity contribution in [1.29, 1.82) is 0 Å². The molecule has 0 aliphatic rings. The monoisotopic (exact) mass is 353 g/mol. The summed E-state index contributed by atoms with van der Waals surface area (Å²) in [4.78, 5) is 8.01. The molecule has 2 aromatic heterocycles. The maximum absolute atomic E-state index is 12.4. The molecule has 0 radical (unpaired) electrons. The van der Waals surface area contributed by atoms with Gasteiger partial charge in [0.15, 0.2) is 5.03 Å². The average Bonchev–Trinajstić information content (AvgIpc) is 2.53. The van der Waals surface area contributed by atoms with Crippen molar-refractivity contribution in [3.63, 3.8) is 0 Å². The number of hydrogen-bond acceptors (Lipinski definition) is 4. The van der Waals surface area contributed by atoms with E-state index in [2.05, 4.69) is 14.7 Å². The molecule has 0 bridgehead atoms. The first kappa shape index (κ1) is 15.0. The number of nitrogens with zero attached hydrogens (tertiary/aromatic N) is 2. The Morgan fingerprint density at radius 2 is 1.77 bits per heavy atom. The maximum atomic E-state index is 12.4. The van der Waals surface area contributed by atoms with Gasteiger partial charge in [-0.3, -0.25) is 9.71 Å². The zero-order valence-corrected chi connectivity index (χ0v) is 13.3. The predicted molar refractivity (Wildman–Crippen MR) is 86.8 cm³/mol. The summed E-state index contributed by atoms with van der Waals surface area (Å²) in [6, 6.07) is 9.47. The van der Waals surface area contributed by atoms with Crippen LogP contribution in [0.2, 0.25) is 10.0 Å². The molecular formula is C14H9Cl2N3O2S. The van der Waals surface area contributed by atoms with Crippen molar-refractivity contribution in [1.82, 2.24) is 9.97 Å². The molecule has 0 amide bonds. The Kier molecular flexibility index (Phi) is 3.90. The lowest BCUT2D eigenvalue weighted by atomic mass is 10.2. The molecule has 22 heavy (non-hydrogen) atoms. The Morgan fingerprint density at radius 3 is 2.50 bits per heavy atom. The van der Waals surface area contributed by atoms with Crippen LogP contribution >= 0.6 is 23.2 Å². The molecule has 1 N–H and O–H groups in total. The molecule has 3 aromatic rings. The molecule has 5 nitrogen and oxygen atoms in total. The number of pyridine rings is 2. The normalized spacial score (nSPS) is 11.5. The van der Waals surface area contributed by atoms with E-state index in [1.165, 1.54) is 18.3 Å². The zero-order chi connectivity index (χ0) is 15.7. The highest BCUT2D eigenvalue weighted by atomic mass is 35.5. The van der Waals surface area contributed by atoms with E-state index in [1.54, 1.807) is 30.5 Å². The Balaban J connectivity index is 2.14. The summed E-state index contributed by atoms with van der Waals surface area (Å²) in [5, 5.41) is 1.03. The van der Waals surface area contributed by atoms with Crippen molar-refractivity contribution in [2.24, 2.45) is 0 Å². The van der Waals surface area contributed by atoms with Crippen LogP contribution in [-0.2, 0) is 10.0 Å². The molecule has 0 atom stereocenters. The second-order valence-electron chi connectivity index (χ2n) is 4.39. The number of nitrogens with one attached hydrogen (secondary N) is 1. The molecule has 1 aromatic carbocycles. The minimum atomic E-state index is -3.84. The van der Waals surface area contributed by atoms with Crippen molar-refractivity contribution in [2.75, 3.05) is 4.72 Å². The van der Waals surface area contributed by atoms with Crippen LogP contribution in [0.3, 0.4) is 0 Å². The van der Waals surface area contributed by atoms with E-state index >= 15 is 0 Å². The third-order valence-corrected chi connectivity index (χ3v) is 5.02. The van der Waals surface area contributed by atoms with Crippen molar-refractivity contribution in [3.8, 4) is 0 Å². The van der Waals surface area contributed by atoms with E-state index in [-0.39, 0.29) is 15.7 Å². The smallest absolute Gasteiger partial charge is 0.276 e. The van der Waals surface area contributed by atoms with Gasteiger partial charge >= 0.3 is 0 Å². The minimum absolute atomic E-state index is 0.0925. The Bertz CT molecular complexity index is 947. The number of anilines is 1. The van der Waals surface area contributed by atoms with Crippen LogP contribution in [0, 0.1) is 0 Å². The standard InChI is InChI=1S/C14H9Cl2N3O2S/c15-10-8-11(14-9(13(10)16)4-3-7-18-14)19-22(20,21)12-5-1-2-6-17-12/h1-8,19H. The van der Waals surface area contributed by atoms with Crippen LogP contribution in [0.25, 0.3) is 10.9 Å². The largest absolute Gasteiger partial charge is 0.279 e. The SMILES string of the molecule is O=S(=O)(Nc1cc(Cl)c(Cl)c2cccnc12)c1ccccn1. The van der Waals surface area contributed by atoms with Crippen LogP contribution in [-0.4, -0.2) is 18.4 Å². The number of fused-ring (bicyclic) bond motifs is 1. The van der Waals surface area contributed by atoms with E-state index in [1.807, 2.05) is 0 Å². The van der Waals surface area contributed by atoms with Crippen LogP contribution in [0.1, 0.15) is 0 Å². The summed E-state index contributed by atoms with van der Waals surface area (Å²) >= 11 is 12.2. The van der Waals surface area contributed by atoms with E-state index in [9.17, 15) is 8.42 Å². The van der Waals surface area contributed by atoms with Crippen LogP contribution < -0.4 is 4.72 Å². The van der Waals surface area contributed by atoms with Gasteiger partial charge in [0.25, 0.3) is 10.0 Å². The van der Waals surface area contributed by atoms with Gasteiger partial charge in [-0.15, -0.1) is 0 Å². The topological polar surface area (TPSA) is 72.0 Å². The highest BCUT2D eigenvalue weighted by Gasteiger charge is 2.19. The van der Waals surface area contributed by atoms with Gasteiger partial charge in [0.05, 0.1) is 21.2 Å². The minimum Gasteiger partial charge on any atom is -0.276 e. The second-order valence-corrected chi connectivity index (χ2v) is 6.81. The van der Waals surface area contributed by atoms with Gasteiger partial charge in [-0.2, -0.15) is 8.42 Å². The molecule has 0 aliphatic heterocycles. The first-order chi connectivity index (χ1) is 10.5. The summed E-state index contributed by atoms with van der Waals surface area (Å²) in [5.74, 6) is 0. The van der Waals surface area contributed by atoms with E-state index in [0.29, 0.717) is 15.9 Å². The molecule has 112 valence electrons. The number of rotatable bonds is 3. The third kappa shape index (κ3) is 2.72. The highest BCUT2D eigenvalue weighted by molar-refractivity contribution is 7.92. The fourth-order valence-electron chi connectivity index (χ4n) is 1.97. The van der Waals surface area contributed by atoms with Gasteiger partial charge in [-0.25, -0.2) is 4.98 Å². The predicted octanol–water partition coefficient (Wildman–Crippen LogP) is 3.74. The molecule has 0 saturated heterocycles. The molecule has 3 rings (SSSR count). The number of aromatic nitrogens is 2. The average molecular weight is 354 g/mol. The summed E-state index contributed by atoms with van der Waals surface area (Å²) in [6.07, 6.45) is 2.95. The molecular weight excluding hydrogens is 345 g/mol. The Morgan fingerprint density at radius 1 is 1.00 bits per heavy atom. The second kappa shape index (κ2) is 5.72. The van der Waals surface area contributed by atoms with Gasteiger partial charge in [-0.05, 0) is 30.3 Å². The Hall–Kier alpha value is -1.89. The van der Waals surface area contributed by atoms with Gasteiger partial charge < -0.3 is 0 Å². The number of halogens is 2. The van der Waals surface area contributed by atoms with Crippen LogP contribution in [0.15, 0.2) is 53.8 Å². The molecule has 2 heterocycles. The molecule has 0 saturated carbocycles. The van der Waals surface area contributed by atoms with Crippen LogP contribution in [0.4, 0.5) is 5.69 Å². The van der Waals surface area contributed by atoms with Crippen molar-refractivity contribution in [3.05, 3.63) is 58.8 Å². The van der Waals surface area contributed by atoms with Gasteiger partial charge in [0.2, 0.25) is 0 Å². The van der Waals surface area contributed by atoms with Crippen LogP contribution in [0.5, 0.6) is 0 Å². The lowest BCUT2D eigenvalue weighted by Crippen LogP contribution is -2.14. The lowest BCUT2D eigenvalue weighted by Gasteiger charge is -2.11. The highest BCUT2D eigenvalue weighted by Crippen LogP contribution is 2.35. The molecule has 0 aliphatic carbocycles. The first-order valence-electron chi connectivity index (χ1n) is 6.15. The number of sulfonamides is 1. The maximum Gasteiger partial charge on any atom is 0.279 e. The van der Waals surface area contributed by atoms with E-state index in [0.717, 1.165) is 0 Å². The number of benzene rings is 1. The number of hydrogen-bond donors (Lipinski definition) is 1. The summed E-state index contributed by atoms with van der Waals surface area (Å²) in [5.41, 5.74) is 0.659. The third-order valence-electron chi connectivity index (χ3n) is 2.94. The molecule has 0 spiro atoms. The van der Waals surface area contributed by atoms with Gasteiger partial charge in [0, 0.05) is 17.8 Å². The summed E-state index contributed by atoms with van der Waals surface area (Å²) in [6.45, 7) is 0.